The van der Waals surface area contributed by atoms with Gasteiger partial charge in [-0.05, 0) is 44.1 Å². The zero-order valence-corrected chi connectivity index (χ0v) is 16.5. The molecular formula is C18H24Cl2N6O. The van der Waals surface area contributed by atoms with Crippen LogP contribution in [0.15, 0.2) is 49.1 Å². The molecule has 3 aromatic rings. The predicted octanol–water partition coefficient (Wildman–Crippen LogP) is 1.97. The maximum Gasteiger partial charge on any atom is 0.248 e. The number of aromatic nitrogens is 4. The molecule has 2 aromatic heterocycles. The number of hydrogen-bond acceptors (Lipinski definition) is 4. The van der Waals surface area contributed by atoms with Crippen LogP contribution in [0.4, 0.5) is 0 Å². The lowest BCUT2D eigenvalue weighted by atomic mass is 9.87. The standard InChI is InChI=1S/C18H22N6O.2ClH/c25-17(18(6-9-19-10-7-18)24-12-3-8-22-24)20-11-13-23-14-21-15-4-1-2-5-16(15)23;;/h1-5,8,12,14,19H,6-7,9-11,13H2,(H,20,25);2*1H. The molecule has 9 heteroatoms. The van der Waals surface area contributed by atoms with E-state index in [4.69, 9.17) is 0 Å². The average Bonchev–Trinajstić information content (AvgIpc) is 3.33. The molecule has 27 heavy (non-hydrogen) atoms. The van der Waals surface area contributed by atoms with Gasteiger partial charge < -0.3 is 15.2 Å². The fourth-order valence-corrected chi connectivity index (χ4v) is 3.57. The normalized spacial score (nSPS) is 15.6. The molecule has 0 aliphatic carbocycles. The SMILES string of the molecule is Cl.Cl.O=C(NCCn1cnc2ccccc21)C1(n2cccn2)CCNCC1. The predicted molar refractivity (Wildman–Crippen MR) is 110 cm³/mol. The third-order valence-corrected chi connectivity index (χ3v) is 4.96. The molecule has 0 bridgehead atoms. The maximum absolute atomic E-state index is 13.0. The second kappa shape index (κ2) is 9.21. The third-order valence-electron chi connectivity index (χ3n) is 4.96. The summed E-state index contributed by atoms with van der Waals surface area (Å²) in [6.07, 6.45) is 6.93. The van der Waals surface area contributed by atoms with Crippen LogP contribution in [0.3, 0.4) is 0 Å². The number of benzene rings is 1. The zero-order chi connectivity index (χ0) is 17.1. The summed E-state index contributed by atoms with van der Waals surface area (Å²) in [5.74, 6) is 0.0436. The summed E-state index contributed by atoms with van der Waals surface area (Å²) in [4.78, 5) is 17.4. The monoisotopic (exact) mass is 410 g/mol. The van der Waals surface area contributed by atoms with Gasteiger partial charge in [-0.1, -0.05) is 12.1 Å². The van der Waals surface area contributed by atoms with Crippen LogP contribution in [0.1, 0.15) is 12.8 Å². The molecule has 146 valence electrons. The highest BCUT2D eigenvalue weighted by atomic mass is 35.5. The number of rotatable bonds is 5. The van der Waals surface area contributed by atoms with Crippen molar-refractivity contribution in [1.29, 1.82) is 0 Å². The number of para-hydroxylation sites is 2. The number of carbonyl (C=O) groups excluding carboxylic acids is 1. The minimum atomic E-state index is -0.592. The van der Waals surface area contributed by atoms with E-state index < -0.39 is 5.54 Å². The van der Waals surface area contributed by atoms with Crippen molar-refractivity contribution in [3.05, 3.63) is 49.1 Å². The molecule has 2 N–H and O–H groups in total. The van der Waals surface area contributed by atoms with Gasteiger partial charge in [0.2, 0.25) is 5.91 Å². The minimum Gasteiger partial charge on any atom is -0.352 e. The van der Waals surface area contributed by atoms with Crippen LogP contribution in [0.25, 0.3) is 11.0 Å². The number of amides is 1. The fourth-order valence-electron chi connectivity index (χ4n) is 3.57. The first kappa shape index (κ1) is 21.2. The van der Waals surface area contributed by atoms with Crippen LogP contribution in [-0.4, -0.2) is 44.9 Å². The van der Waals surface area contributed by atoms with Crippen molar-refractivity contribution in [2.45, 2.75) is 24.9 Å². The second-order valence-corrected chi connectivity index (χ2v) is 6.41. The number of imidazole rings is 1. The van der Waals surface area contributed by atoms with E-state index in [1.807, 2.05) is 47.5 Å². The van der Waals surface area contributed by atoms with E-state index in [0.29, 0.717) is 13.1 Å². The van der Waals surface area contributed by atoms with Crippen molar-refractivity contribution < 1.29 is 4.79 Å². The van der Waals surface area contributed by atoms with Gasteiger partial charge in [0.25, 0.3) is 0 Å². The summed E-state index contributed by atoms with van der Waals surface area (Å²) in [5.41, 5.74) is 1.46. The molecule has 0 spiro atoms. The number of carbonyl (C=O) groups is 1. The highest BCUT2D eigenvalue weighted by Gasteiger charge is 2.41. The Morgan fingerprint density at radius 3 is 2.70 bits per heavy atom. The van der Waals surface area contributed by atoms with Gasteiger partial charge in [-0.15, -0.1) is 24.8 Å². The van der Waals surface area contributed by atoms with Gasteiger partial charge in [0.15, 0.2) is 0 Å². The van der Waals surface area contributed by atoms with Crippen molar-refractivity contribution >= 4 is 41.8 Å². The summed E-state index contributed by atoms with van der Waals surface area (Å²) in [5, 5.41) is 10.8. The molecule has 0 atom stereocenters. The van der Waals surface area contributed by atoms with Gasteiger partial charge in [0.05, 0.1) is 17.4 Å². The Morgan fingerprint density at radius 1 is 1.19 bits per heavy atom. The minimum absolute atomic E-state index is 0. The van der Waals surface area contributed by atoms with Crippen LogP contribution in [0.5, 0.6) is 0 Å². The summed E-state index contributed by atoms with van der Waals surface area (Å²) >= 11 is 0. The molecule has 0 saturated carbocycles. The lowest BCUT2D eigenvalue weighted by Gasteiger charge is -2.36. The molecule has 1 amide bonds. The Labute approximate surface area is 170 Å². The molecule has 1 fully saturated rings. The molecule has 0 radical (unpaired) electrons. The Bertz CT molecular complexity index is 858. The molecular weight excluding hydrogens is 387 g/mol. The smallest absolute Gasteiger partial charge is 0.248 e. The molecule has 1 aliphatic rings. The van der Waals surface area contributed by atoms with Gasteiger partial charge in [0, 0.05) is 25.5 Å². The number of halogens is 2. The Morgan fingerprint density at radius 2 is 1.96 bits per heavy atom. The topological polar surface area (TPSA) is 76.8 Å². The first-order valence-electron chi connectivity index (χ1n) is 8.69. The van der Waals surface area contributed by atoms with Crippen LogP contribution in [-0.2, 0) is 16.9 Å². The van der Waals surface area contributed by atoms with Crippen LogP contribution < -0.4 is 10.6 Å². The van der Waals surface area contributed by atoms with E-state index in [-0.39, 0.29) is 30.7 Å². The van der Waals surface area contributed by atoms with E-state index in [2.05, 4.69) is 25.3 Å². The summed E-state index contributed by atoms with van der Waals surface area (Å²) < 4.78 is 3.88. The highest BCUT2D eigenvalue weighted by Crippen LogP contribution is 2.27. The fraction of sp³-hybridized carbons (Fsp3) is 0.389. The van der Waals surface area contributed by atoms with Gasteiger partial charge in [-0.25, -0.2) is 4.98 Å². The van der Waals surface area contributed by atoms with Crippen LogP contribution in [0.2, 0.25) is 0 Å². The molecule has 3 heterocycles. The second-order valence-electron chi connectivity index (χ2n) is 6.41. The average molecular weight is 411 g/mol. The largest absolute Gasteiger partial charge is 0.352 e. The van der Waals surface area contributed by atoms with Crippen molar-refractivity contribution in [3.63, 3.8) is 0 Å². The highest BCUT2D eigenvalue weighted by molar-refractivity contribution is 5.86. The van der Waals surface area contributed by atoms with Crippen molar-refractivity contribution in [2.24, 2.45) is 0 Å². The molecule has 1 aromatic carbocycles. The van der Waals surface area contributed by atoms with Gasteiger partial charge >= 0.3 is 0 Å². The van der Waals surface area contributed by atoms with Gasteiger partial charge in [0.1, 0.15) is 5.54 Å². The Balaban J connectivity index is 0.00000131. The van der Waals surface area contributed by atoms with E-state index >= 15 is 0 Å². The van der Waals surface area contributed by atoms with Gasteiger partial charge in [-0.2, -0.15) is 5.10 Å². The number of piperidine rings is 1. The van der Waals surface area contributed by atoms with Crippen molar-refractivity contribution in [3.8, 4) is 0 Å². The van der Waals surface area contributed by atoms with E-state index in [0.717, 1.165) is 37.0 Å². The summed E-state index contributed by atoms with van der Waals surface area (Å²) in [6.45, 7) is 2.90. The molecule has 4 rings (SSSR count). The lowest BCUT2D eigenvalue weighted by Crippen LogP contribution is -2.55. The zero-order valence-electron chi connectivity index (χ0n) is 14.9. The quantitative estimate of drug-likeness (QED) is 0.673. The Hall–Kier alpha value is -2.09. The molecule has 1 aliphatic heterocycles. The van der Waals surface area contributed by atoms with E-state index in [9.17, 15) is 4.79 Å². The van der Waals surface area contributed by atoms with Gasteiger partial charge in [-0.3, -0.25) is 9.48 Å². The lowest BCUT2D eigenvalue weighted by molar-refractivity contribution is -0.132. The van der Waals surface area contributed by atoms with E-state index in [1.54, 1.807) is 6.20 Å². The number of hydrogen-bond donors (Lipinski definition) is 2. The number of nitrogens with one attached hydrogen (secondary N) is 2. The summed E-state index contributed by atoms with van der Waals surface area (Å²) in [7, 11) is 0. The first-order chi connectivity index (χ1) is 12.3. The van der Waals surface area contributed by atoms with Crippen molar-refractivity contribution in [1.82, 2.24) is 30.0 Å². The maximum atomic E-state index is 13.0. The molecule has 7 nitrogen and oxygen atoms in total. The Kier molecular flexibility index (Phi) is 7.24. The third kappa shape index (κ3) is 4.10. The van der Waals surface area contributed by atoms with Crippen LogP contribution >= 0.6 is 24.8 Å². The van der Waals surface area contributed by atoms with Crippen molar-refractivity contribution in [2.75, 3.05) is 19.6 Å². The number of nitrogens with zero attached hydrogens (tertiary/aromatic N) is 4. The first-order valence-corrected chi connectivity index (χ1v) is 8.69. The van der Waals surface area contributed by atoms with E-state index in [1.165, 1.54) is 0 Å². The molecule has 0 unspecified atom stereocenters. The van der Waals surface area contributed by atoms with Crippen LogP contribution in [0, 0.1) is 0 Å². The summed E-state index contributed by atoms with van der Waals surface area (Å²) in [6, 6.07) is 9.89. The molecule has 1 saturated heterocycles. The number of fused-ring (bicyclic) bond motifs is 1.